The van der Waals surface area contributed by atoms with Gasteiger partial charge in [-0.05, 0) is 84.2 Å². The van der Waals surface area contributed by atoms with Crippen molar-refractivity contribution in [2.75, 3.05) is 31.6 Å². The van der Waals surface area contributed by atoms with Crippen LogP contribution in [0.2, 0.25) is 0 Å². The zero-order chi connectivity index (χ0) is 25.0. The number of aryl methyl sites for hydroxylation is 1. The molecule has 1 amide bonds. The summed E-state index contributed by atoms with van der Waals surface area (Å²) in [6.45, 7) is 10.0. The van der Waals surface area contributed by atoms with E-state index in [1.165, 1.54) is 5.57 Å². The van der Waals surface area contributed by atoms with E-state index in [9.17, 15) is 4.79 Å². The van der Waals surface area contributed by atoms with Crippen LogP contribution < -0.4 is 11.1 Å². The first-order valence-electron chi connectivity index (χ1n) is 12.0. The maximum Gasteiger partial charge on any atom is 0.271 e. The Kier molecular flexibility index (Phi) is 10.7. The number of aromatic nitrogens is 2. The number of halogens is 1. The highest BCUT2D eigenvalue weighted by molar-refractivity contribution is 14.1. The lowest BCUT2D eigenvalue weighted by Gasteiger charge is -2.29. The Hall–Kier alpha value is -2.72. The number of nitrogens with one attached hydrogen (secondary N) is 1. The van der Waals surface area contributed by atoms with Crippen LogP contribution in [0.3, 0.4) is 0 Å². The van der Waals surface area contributed by atoms with Crippen LogP contribution in [0.4, 0.5) is 5.69 Å². The highest BCUT2D eigenvalue weighted by atomic mass is 127. The molecule has 35 heavy (non-hydrogen) atoms. The van der Waals surface area contributed by atoms with E-state index in [1.54, 1.807) is 0 Å². The second-order valence-corrected chi connectivity index (χ2v) is 9.62. The van der Waals surface area contributed by atoms with Crippen molar-refractivity contribution in [2.24, 2.45) is 5.73 Å². The standard InChI is InChI=1S/C27H34IN5O2/c1-3-20(11-12-24(4-2)33-13-15-35-16-14-33)7-6-10-23-18-25(26(27(29)34)32-31-23)30-19-21-8-5-9-22(28)17-21/h4-5,8-9,11-12,17-18H,2-3,6-7,10,13-16,19H2,1H3,(H2,29,34)(H,30,31)/b20-11+,24-12+. The van der Waals surface area contributed by atoms with Crippen LogP contribution in [0, 0.1) is 3.57 Å². The van der Waals surface area contributed by atoms with Crippen molar-refractivity contribution in [2.45, 2.75) is 39.2 Å². The van der Waals surface area contributed by atoms with Crippen molar-refractivity contribution in [3.63, 3.8) is 0 Å². The van der Waals surface area contributed by atoms with Crippen LogP contribution >= 0.6 is 22.6 Å². The summed E-state index contributed by atoms with van der Waals surface area (Å²) in [4.78, 5) is 14.2. The van der Waals surface area contributed by atoms with Gasteiger partial charge in [-0.25, -0.2) is 0 Å². The summed E-state index contributed by atoms with van der Waals surface area (Å²) in [5.41, 5.74) is 10.8. The SMILES string of the molecule is C=C/C(=C\C=C(/CC)CCCc1cc(NCc2cccc(I)c2)c(C(N)=O)nn1)N1CCOCC1. The third kappa shape index (κ3) is 8.47. The highest BCUT2D eigenvalue weighted by Crippen LogP contribution is 2.19. The molecule has 2 heterocycles. The van der Waals surface area contributed by atoms with Crippen LogP contribution in [0.15, 0.2) is 66.4 Å². The molecule has 1 saturated heterocycles. The quantitative estimate of drug-likeness (QED) is 0.273. The summed E-state index contributed by atoms with van der Waals surface area (Å²) in [7, 11) is 0. The Balaban J connectivity index is 1.62. The van der Waals surface area contributed by atoms with Crippen LogP contribution in [0.25, 0.3) is 0 Å². The molecule has 2 aromatic rings. The van der Waals surface area contributed by atoms with E-state index in [0.717, 1.165) is 72.5 Å². The van der Waals surface area contributed by atoms with E-state index in [0.29, 0.717) is 12.2 Å². The van der Waals surface area contributed by atoms with E-state index in [-0.39, 0.29) is 5.69 Å². The topological polar surface area (TPSA) is 93.4 Å². The minimum absolute atomic E-state index is 0.165. The molecule has 0 bridgehead atoms. The molecule has 0 atom stereocenters. The second-order valence-electron chi connectivity index (χ2n) is 8.37. The van der Waals surface area contributed by atoms with Gasteiger partial charge in [0.05, 0.1) is 24.6 Å². The van der Waals surface area contributed by atoms with Crippen LogP contribution in [0.5, 0.6) is 0 Å². The van der Waals surface area contributed by atoms with E-state index >= 15 is 0 Å². The van der Waals surface area contributed by atoms with Crippen molar-refractivity contribution in [3.8, 4) is 0 Å². The first-order chi connectivity index (χ1) is 17.0. The largest absolute Gasteiger partial charge is 0.379 e. The highest BCUT2D eigenvalue weighted by Gasteiger charge is 2.13. The Morgan fingerprint density at radius 3 is 2.74 bits per heavy atom. The lowest BCUT2D eigenvalue weighted by molar-refractivity contribution is 0.0554. The molecular formula is C27H34IN5O2. The Bertz CT molecular complexity index is 1080. The number of hydrogen-bond donors (Lipinski definition) is 2. The predicted octanol–water partition coefficient (Wildman–Crippen LogP) is 4.85. The van der Waals surface area contributed by atoms with Crippen LogP contribution in [-0.2, 0) is 17.7 Å². The third-order valence-corrected chi connectivity index (χ3v) is 6.58. The molecule has 8 heteroatoms. The average Bonchev–Trinajstić information content (AvgIpc) is 2.87. The summed E-state index contributed by atoms with van der Waals surface area (Å²) in [5, 5.41) is 11.7. The maximum absolute atomic E-state index is 11.9. The van der Waals surface area contributed by atoms with Gasteiger partial charge < -0.3 is 20.7 Å². The normalized spacial score (nSPS) is 14.6. The number of hydrogen-bond acceptors (Lipinski definition) is 6. The molecule has 1 fully saturated rings. The summed E-state index contributed by atoms with van der Waals surface area (Å²) in [6, 6.07) is 10.1. The Morgan fingerprint density at radius 2 is 2.06 bits per heavy atom. The molecule has 7 nitrogen and oxygen atoms in total. The number of carbonyl (C=O) groups excluding carboxylic acids is 1. The average molecular weight is 588 g/mol. The minimum atomic E-state index is -0.588. The van der Waals surface area contributed by atoms with Gasteiger partial charge in [0.15, 0.2) is 5.69 Å². The number of carbonyl (C=O) groups is 1. The molecule has 186 valence electrons. The van der Waals surface area contributed by atoms with Gasteiger partial charge >= 0.3 is 0 Å². The zero-order valence-corrected chi connectivity index (χ0v) is 22.5. The van der Waals surface area contributed by atoms with Gasteiger partial charge in [0.25, 0.3) is 5.91 Å². The first-order valence-corrected chi connectivity index (χ1v) is 13.1. The van der Waals surface area contributed by atoms with E-state index in [2.05, 4.69) is 74.7 Å². The van der Waals surface area contributed by atoms with Gasteiger partial charge in [-0.1, -0.05) is 37.3 Å². The van der Waals surface area contributed by atoms with E-state index in [4.69, 9.17) is 10.5 Å². The Labute approximate surface area is 221 Å². The number of primary amides is 1. The predicted molar refractivity (Wildman–Crippen MR) is 149 cm³/mol. The number of rotatable bonds is 12. The molecule has 0 aliphatic carbocycles. The number of allylic oxidation sites excluding steroid dienone is 4. The van der Waals surface area contributed by atoms with Gasteiger partial charge in [0, 0.05) is 28.9 Å². The number of benzene rings is 1. The lowest BCUT2D eigenvalue weighted by Crippen LogP contribution is -2.35. The van der Waals surface area contributed by atoms with Crippen LogP contribution in [-0.4, -0.2) is 47.3 Å². The molecule has 0 spiro atoms. The van der Waals surface area contributed by atoms with E-state index < -0.39 is 5.91 Å². The van der Waals surface area contributed by atoms with Gasteiger partial charge in [0.1, 0.15) is 0 Å². The van der Waals surface area contributed by atoms with Gasteiger partial charge in [-0.15, -0.1) is 5.10 Å². The molecule has 1 aliphatic heterocycles. The second kappa shape index (κ2) is 14.0. The number of anilines is 1. The molecule has 3 N–H and O–H groups in total. The third-order valence-electron chi connectivity index (χ3n) is 5.91. The fourth-order valence-electron chi connectivity index (χ4n) is 3.92. The molecule has 3 rings (SSSR count). The maximum atomic E-state index is 11.9. The van der Waals surface area contributed by atoms with Crippen molar-refractivity contribution in [1.82, 2.24) is 15.1 Å². The van der Waals surface area contributed by atoms with Crippen molar-refractivity contribution < 1.29 is 9.53 Å². The number of nitrogens with two attached hydrogens (primary N) is 1. The number of morpholine rings is 1. The number of amides is 1. The van der Waals surface area contributed by atoms with Gasteiger partial charge in [0.2, 0.25) is 0 Å². The zero-order valence-electron chi connectivity index (χ0n) is 20.3. The summed E-state index contributed by atoms with van der Waals surface area (Å²) >= 11 is 2.28. The monoisotopic (exact) mass is 587 g/mol. The molecule has 1 aliphatic rings. The fraction of sp³-hybridized carbons (Fsp3) is 0.370. The molecule has 1 aromatic carbocycles. The van der Waals surface area contributed by atoms with Crippen molar-refractivity contribution >= 4 is 34.2 Å². The van der Waals surface area contributed by atoms with Gasteiger partial charge in [-0.3, -0.25) is 4.79 Å². The molecule has 0 radical (unpaired) electrons. The molecular weight excluding hydrogens is 553 g/mol. The molecule has 1 aromatic heterocycles. The summed E-state index contributed by atoms with van der Waals surface area (Å²) in [5.74, 6) is -0.588. The van der Waals surface area contributed by atoms with Gasteiger partial charge in [-0.2, -0.15) is 5.10 Å². The molecule has 0 unspecified atom stereocenters. The molecule has 0 saturated carbocycles. The summed E-state index contributed by atoms with van der Waals surface area (Å²) < 4.78 is 6.61. The Morgan fingerprint density at radius 1 is 1.26 bits per heavy atom. The fourth-order valence-corrected chi connectivity index (χ4v) is 4.52. The minimum Gasteiger partial charge on any atom is -0.379 e. The summed E-state index contributed by atoms with van der Waals surface area (Å²) in [6.07, 6.45) is 9.94. The first kappa shape index (κ1) is 26.9. The van der Waals surface area contributed by atoms with Crippen molar-refractivity contribution in [3.05, 3.63) is 86.9 Å². The van der Waals surface area contributed by atoms with Crippen molar-refractivity contribution in [1.29, 1.82) is 0 Å². The number of nitrogens with zero attached hydrogens (tertiary/aromatic N) is 3. The lowest BCUT2D eigenvalue weighted by atomic mass is 10.0. The number of ether oxygens (including phenoxy) is 1. The van der Waals surface area contributed by atoms with Crippen LogP contribution in [0.1, 0.15) is 47.9 Å². The van der Waals surface area contributed by atoms with E-state index in [1.807, 2.05) is 30.3 Å². The smallest absolute Gasteiger partial charge is 0.271 e.